The molecule has 5 nitrogen and oxygen atoms in total. The van der Waals surface area contributed by atoms with Crippen molar-refractivity contribution >= 4 is 6.09 Å². The highest BCUT2D eigenvalue weighted by Crippen LogP contribution is 2.30. The van der Waals surface area contributed by atoms with Crippen molar-refractivity contribution in [2.24, 2.45) is 0 Å². The molecular weight excluding hydrogens is 241 g/mol. The average molecular weight is 252 g/mol. The Labute approximate surface area is 94.8 Å². The van der Waals surface area contributed by atoms with Crippen LogP contribution in [0, 0.1) is 0 Å². The van der Waals surface area contributed by atoms with Gasteiger partial charge in [-0.05, 0) is 20.8 Å². The summed E-state index contributed by atoms with van der Waals surface area (Å²) in [6, 6.07) is 0.351. The maximum atomic E-state index is 12.2. The number of aromatic hydroxyl groups is 1. The lowest BCUT2D eigenvalue weighted by Gasteiger charge is -2.18. The summed E-state index contributed by atoms with van der Waals surface area (Å²) in [5.41, 5.74) is -2.26. The van der Waals surface area contributed by atoms with Gasteiger partial charge in [0.05, 0.1) is 0 Å². The Morgan fingerprint density at radius 2 is 1.94 bits per heavy atom. The first-order chi connectivity index (χ1) is 7.50. The van der Waals surface area contributed by atoms with Crippen molar-refractivity contribution in [1.82, 2.24) is 9.78 Å². The van der Waals surface area contributed by atoms with Gasteiger partial charge in [-0.2, -0.15) is 18.3 Å². The topological polar surface area (TPSA) is 64.4 Å². The van der Waals surface area contributed by atoms with E-state index >= 15 is 0 Å². The number of ether oxygens (including phenoxy) is 1. The molecule has 17 heavy (non-hydrogen) atoms. The Bertz CT molecular complexity index is 432. The van der Waals surface area contributed by atoms with Crippen molar-refractivity contribution in [2.75, 3.05) is 0 Å². The number of carbonyl (C=O) groups excluding carboxylic acids is 1. The number of nitrogens with zero attached hydrogens (tertiary/aromatic N) is 2. The molecule has 0 bridgehead atoms. The molecule has 1 aromatic heterocycles. The van der Waals surface area contributed by atoms with Gasteiger partial charge in [-0.3, -0.25) is 0 Å². The second-order valence-electron chi connectivity index (χ2n) is 4.28. The minimum atomic E-state index is -4.73. The summed E-state index contributed by atoms with van der Waals surface area (Å²) < 4.78 is 41.7. The molecule has 0 saturated heterocycles. The van der Waals surface area contributed by atoms with Gasteiger partial charge in [0.15, 0.2) is 5.69 Å². The van der Waals surface area contributed by atoms with E-state index in [-0.39, 0.29) is 4.68 Å². The van der Waals surface area contributed by atoms with Gasteiger partial charge >= 0.3 is 12.3 Å². The first-order valence-electron chi connectivity index (χ1n) is 4.60. The second kappa shape index (κ2) is 3.94. The molecule has 0 atom stereocenters. The van der Waals surface area contributed by atoms with Crippen molar-refractivity contribution in [3.05, 3.63) is 11.8 Å². The molecular formula is C9H11F3N2O3. The van der Waals surface area contributed by atoms with E-state index < -0.39 is 29.4 Å². The number of halogens is 3. The van der Waals surface area contributed by atoms with Gasteiger partial charge < -0.3 is 9.84 Å². The summed E-state index contributed by atoms with van der Waals surface area (Å²) in [6.07, 6.45) is -5.91. The number of hydrogen-bond donors (Lipinski definition) is 1. The van der Waals surface area contributed by atoms with Gasteiger partial charge in [0.1, 0.15) is 5.60 Å². The van der Waals surface area contributed by atoms with Gasteiger partial charge in [-0.15, -0.1) is 4.68 Å². The Morgan fingerprint density at radius 1 is 1.41 bits per heavy atom. The molecule has 0 spiro atoms. The number of alkyl halides is 3. The zero-order valence-electron chi connectivity index (χ0n) is 9.37. The van der Waals surface area contributed by atoms with Crippen LogP contribution < -0.4 is 0 Å². The SMILES string of the molecule is CC(C)(C)OC(=O)n1nc(C(F)(F)F)cc1O. The van der Waals surface area contributed by atoms with Crippen LogP contribution >= 0.6 is 0 Å². The fourth-order valence-electron chi connectivity index (χ4n) is 0.949. The molecule has 1 N–H and O–H groups in total. The fourth-order valence-corrected chi connectivity index (χ4v) is 0.949. The summed E-state index contributed by atoms with van der Waals surface area (Å²) >= 11 is 0. The van der Waals surface area contributed by atoms with Gasteiger partial charge in [0, 0.05) is 6.07 Å². The molecule has 1 aromatic rings. The maximum absolute atomic E-state index is 12.2. The summed E-state index contributed by atoms with van der Waals surface area (Å²) in [4.78, 5) is 11.4. The van der Waals surface area contributed by atoms with Crippen molar-refractivity contribution in [3.63, 3.8) is 0 Å². The largest absolute Gasteiger partial charge is 0.493 e. The van der Waals surface area contributed by atoms with Crippen LogP contribution in [0.4, 0.5) is 18.0 Å². The molecule has 0 unspecified atom stereocenters. The Morgan fingerprint density at radius 3 is 2.29 bits per heavy atom. The van der Waals surface area contributed by atoms with Crippen molar-refractivity contribution in [1.29, 1.82) is 0 Å². The summed E-state index contributed by atoms with van der Waals surface area (Å²) in [6.45, 7) is 4.61. The molecule has 0 radical (unpaired) electrons. The van der Waals surface area contributed by atoms with Crippen LogP contribution in [0.25, 0.3) is 0 Å². The number of rotatable bonds is 0. The highest BCUT2D eigenvalue weighted by Gasteiger charge is 2.36. The predicted molar refractivity (Wildman–Crippen MR) is 50.5 cm³/mol. The van der Waals surface area contributed by atoms with Crippen LogP contribution in [0.5, 0.6) is 5.88 Å². The minimum absolute atomic E-state index is 0.161. The Balaban J connectivity index is 3.00. The molecule has 0 saturated carbocycles. The highest BCUT2D eigenvalue weighted by atomic mass is 19.4. The van der Waals surface area contributed by atoms with Crippen LogP contribution in [0.3, 0.4) is 0 Å². The molecule has 1 heterocycles. The van der Waals surface area contributed by atoms with Crippen molar-refractivity contribution in [2.45, 2.75) is 32.5 Å². The number of aromatic nitrogens is 2. The van der Waals surface area contributed by atoms with E-state index in [1.54, 1.807) is 0 Å². The third kappa shape index (κ3) is 3.36. The lowest BCUT2D eigenvalue weighted by Crippen LogP contribution is -2.27. The first kappa shape index (κ1) is 13.3. The molecule has 1 rings (SSSR count). The summed E-state index contributed by atoms with van der Waals surface area (Å²) in [5, 5.41) is 12.1. The highest BCUT2D eigenvalue weighted by molar-refractivity contribution is 5.71. The molecule has 8 heteroatoms. The molecule has 0 aliphatic rings. The van der Waals surface area contributed by atoms with E-state index in [0.29, 0.717) is 6.07 Å². The molecule has 0 aliphatic heterocycles. The normalized spacial score (nSPS) is 12.6. The first-order valence-corrected chi connectivity index (χ1v) is 4.60. The van der Waals surface area contributed by atoms with Crippen LogP contribution in [0.2, 0.25) is 0 Å². The summed E-state index contributed by atoms with van der Waals surface area (Å²) in [7, 11) is 0. The minimum Gasteiger partial charge on any atom is -0.493 e. The standard InChI is InChI=1S/C9H11F3N2O3/c1-8(2,3)17-7(16)14-6(15)4-5(13-14)9(10,11)12/h4,15H,1-3H3. The van der Waals surface area contributed by atoms with E-state index in [1.165, 1.54) is 20.8 Å². The van der Waals surface area contributed by atoms with Crippen LogP contribution in [0.15, 0.2) is 6.07 Å². The van der Waals surface area contributed by atoms with Crippen LogP contribution in [-0.2, 0) is 10.9 Å². The van der Waals surface area contributed by atoms with Crippen LogP contribution in [-0.4, -0.2) is 26.6 Å². The second-order valence-corrected chi connectivity index (χ2v) is 4.28. The Hall–Kier alpha value is -1.73. The quantitative estimate of drug-likeness (QED) is 0.770. The van der Waals surface area contributed by atoms with Gasteiger partial charge in [0.25, 0.3) is 0 Å². The maximum Gasteiger partial charge on any atom is 0.438 e. The molecule has 0 aromatic carbocycles. The van der Waals surface area contributed by atoms with E-state index in [4.69, 9.17) is 9.84 Å². The van der Waals surface area contributed by atoms with E-state index in [2.05, 4.69) is 5.10 Å². The predicted octanol–water partition coefficient (Wildman–Crippen LogP) is 2.39. The zero-order valence-corrected chi connectivity index (χ0v) is 9.37. The van der Waals surface area contributed by atoms with Gasteiger partial charge in [-0.25, -0.2) is 4.79 Å². The molecule has 0 amide bonds. The smallest absolute Gasteiger partial charge is 0.438 e. The average Bonchev–Trinajstić information content (AvgIpc) is 2.42. The van der Waals surface area contributed by atoms with E-state index in [9.17, 15) is 18.0 Å². The Kier molecular flexibility index (Phi) is 3.09. The molecule has 0 aliphatic carbocycles. The van der Waals surface area contributed by atoms with Crippen LogP contribution in [0.1, 0.15) is 26.5 Å². The third-order valence-corrected chi connectivity index (χ3v) is 1.55. The molecule has 0 fully saturated rings. The lowest BCUT2D eigenvalue weighted by molar-refractivity contribution is -0.141. The zero-order chi connectivity index (χ0) is 13.4. The molecule has 96 valence electrons. The van der Waals surface area contributed by atoms with Gasteiger partial charge in [0.2, 0.25) is 5.88 Å². The number of carbonyl (C=O) groups is 1. The monoisotopic (exact) mass is 252 g/mol. The van der Waals surface area contributed by atoms with E-state index in [0.717, 1.165) is 0 Å². The van der Waals surface area contributed by atoms with Crippen molar-refractivity contribution in [3.8, 4) is 5.88 Å². The lowest BCUT2D eigenvalue weighted by atomic mass is 10.2. The van der Waals surface area contributed by atoms with Crippen molar-refractivity contribution < 1.29 is 27.8 Å². The third-order valence-electron chi connectivity index (χ3n) is 1.55. The fraction of sp³-hybridized carbons (Fsp3) is 0.556. The van der Waals surface area contributed by atoms with Gasteiger partial charge in [-0.1, -0.05) is 0 Å². The summed E-state index contributed by atoms with van der Waals surface area (Å²) in [5.74, 6) is -0.924. The number of hydrogen-bond acceptors (Lipinski definition) is 4. The van der Waals surface area contributed by atoms with E-state index in [1.807, 2.05) is 0 Å².